The molecule has 1 unspecified atom stereocenters. The number of amides is 1. The van der Waals surface area contributed by atoms with Gasteiger partial charge in [0.05, 0.1) is 6.04 Å². The number of hydrogen-bond acceptors (Lipinski definition) is 5. The largest absolute Gasteiger partial charge is 0.370 e. The molecule has 2 rings (SSSR count). The molecule has 110 valence electrons. The second-order valence-electron chi connectivity index (χ2n) is 5.42. The lowest BCUT2D eigenvalue weighted by Gasteiger charge is -2.19. The van der Waals surface area contributed by atoms with Gasteiger partial charge in [-0.25, -0.2) is 9.97 Å². The fraction of sp³-hybridized carbons (Fsp3) is 0.643. The van der Waals surface area contributed by atoms with Crippen LogP contribution >= 0.6 is 0 Å². The van der Waals surface area contributed by atoms with E-state index in [4.69, 9.17) is 0 Å². The minimum absolute atomic E-state index is 0.0898. The van der Waals surface area contributed by atoms with Crippen molar-refractivity contribution in [2.24, 2.45) is 0 Å². The van der Waals surface area contributed by atoms with E-state index >= 15 is 0 Å². The molecule has 3 N–H and O–H groups in total. The van der Waals surface area contributed by atoms with Gasteiger partial charge in [0, 0.05) is 25.1 Å². The van der Waals surface area contributed by atoms with Crippen molar-refractivity contribution in [3.05, 3.63) is 11.9 Å². The van der Waals surface area contributed by atoms with Gasteiger partial charge in [0.25, 0.3) is 0 Å². The molecule has 0 aliphatic carbocycles. The maximum absolute atomic E-state index is 11.3. The highest BCUT2D eigenvalue weighted by molar-refractivity contribution is 5.79. The molecule has 20 heavy (non-hydrogen) atoms. The molecule has 1 saturated heterocycles. The maximum atomic E-state index is 11.3. The van der Waals surface area contributed by atoms with Gasteiger partial charge in [-0.2, -0.15) is 0 Å². The van der Waals surface area contributed by atoms with Crippen LogP contribution in [0.5, 0.6) is 0 Å². The second kappa shape index (κ2) is 6.54. The molecule has 1 aliphatic rings. The summed E-state index contributed by atoms with van der Waals surface area (Å²) >= 11 is 0. The quantitative estimate of drug-likeness (QED) is 0.738. The Hall–Kier alpha value is -1.85. The van der Waals surface area contributed by atoms with E-state index in [1.807, 2.05) is 0 Å². The van der Waals surface area contributed by atoms with E-state index in [1.165, 1.54) is 0 Å². The molecule has 0 saturated carbocycles. The molecule has 1 aromatic rings. The van der Waals surface area contributed by atoms with Gasteiger partial charge in [-0.3, -0.25) is 4.79 Å². The van der Waals surface area contributed by atoms with E-state index in [1.54, 1.807) is 6.33 Å². The van der Waals surface area contributed by atoms with Crippen molar-refractivity contribution in [2.75, 3.05) is 23.7 Å². The monoisotopic (exact) mass is 277 g/mol. The number of nitrogens with one attached hydrogen (secondary N) is 3. The SMILES string of the molecule is CCCNc1ncnc(NC2CNC(=O)C2)c1C(C)C. The number of hydrogen-bond donors (Lipinski definition) is 3. The van der Waals surface area contributed by atoms with Crippen molar-refractivity contribution < 1.29 is 4.79 Å². The van der Waals surface area contributed by atoms with Crippen LogP contribution < -0.4 is 16.0 Å². The average molecular weight is 277 g/mol. The maximum Gasteiger partial charge on any atom is 0.222 e. The van der Waals surface area contributed by atoms with Crippen LogP contribution in [0.25, 0.3) is 0 Å². The highest BCUT2D eigenvalue weighted by Crippen LogP contribution is 2.29. The van der Waals surface area contributed by atoms with Crippen molar-refractivity contribution >= 4 is 17.5 Å². The van der Waals surface area contributed by atoms with Crippen LogP contribution in [0.1, 0.15) is 45.1 Å². The summed E-state index contributed by atoms with van der Waals surface area (Å²) in [5.74, 6) is 2.11. The Bertz CT molecular complexity index is 475. The standard InChI is InChI=1S/C14H23N5O/c1-4-5-15-13-12(9(2)3)14(18-8-17-13)19-10-6-11(20)16-7-10/h8-10H,4-7H2,1-3H3,(H,16,20)(H2,15,17,18,19). The predicted molar refractivity (Wildman–Crippen MR) is 79.9 cm³/mol. The first-order valence-electron chi connectivity index (χ1n) is 7.23. The minimum atomic E-state index is 0.0898. The molecule has 0 aromatic carbocycles. The summed E-state index contributed by atoms with van der Waals surface area (Å²) in [7, 11) is 0. The summed E-state index contributed by atoms with van der Waals surface area (Å²) in [6, 6.07) is 0.105. The lowest BCUT2D eigenvalue weighted by atomic mass is 10.0. The highest BCUT2D eigenvalue weighted by Gasteiger charge is 2.24. The van der Waals surface area contributed by atoms with E-state index in [2.05, 4.69) is 46.7 Å². The zero-order valence-electron chi connectivity index (χ0n) is 12.4. The van der Waals surface area contributed by atoms with Gasteiger partial charge in [0.1, 0.15) is 18.0 Å². The van der Waals surface area contributed by atoms with Crippen LogP contribution in [0, 0.1) is 0 Å². The number of carbonyl (C=O) groups excluding carboxylic acids is 1. The van der Waals surface area contributed by atoms with Crippen LogP contribution in [-0.4, -0.2) is 35.0 Å². The summed E-state index contributed by atoms with van der Waals surface area (Å²) in [5.41, 5.74) is 1.08. The van der Waals surface area contributed by atoms with Gasteiger partial charge in [-0.05, 0) is 12.3 Å². The number of carbonyl (C=O) groups is 1. The van der Waals surface area contributed by atoms with Crippen molar-refractivity contribution in [1.29, 1.82) is 0 Å². The third-order valence-electron chi connectivity index (χ3n) is 3.32. The summed E-state index contributed by atoms with van der Waals surface area (Å²) in [6.07, 6.45) is 3.11. The Kier molecular flexibility index (Phi) is 4.76. The zero-order chi connectivity index (χ0) is 14.5. The van der Waals surface area contributed by atoms with E-state index in [9.17, 15) is 4.79 Å². The topological polar surface area (TPSA) is 78.9 Å². The van der Waals surface area contributed by atoms with Gasteiger partial charge in [-0.1, -0.05) is 20.8 Å². The molecule has 0 spiro atoms. The van der Waals surface area contributed by atoms with Gasteiger partial charge in [-0.15, -0.1) is 0 Å². The van der Waals surface area contributed by atoms with Crippen molar-refractivity contribution in [3.63, 3.8) is 0 Å². The third kappa shape index (κ3) is 3.37. The summed E-state index contributed by atoms with van der Waals surface area (Å²) < 4.78 is 0. The van der Waals surface area contributed by atoms with Gasteiger partial charge < -0.3 is 16.0 Å². The lowest BCUT2D eigenvalue weighted by molar-refractivity contribution is -0.119. The van der Waals surface area contributed by atoms with Crippen LogP contribution in [0.2, 0.25) is 0 Å². The minimum Gasteiger partial charge on any atom is -0.370 e. The number of anilines is 2. The van der Waals surface area contributed by atoms with Crippen LogP contribution in [0.4, 0.5) is 11.6 Å². The normalized spacial score (nSPS) is 18.2. The fourth-order valence-corrected chi connectivity index (χ4v) is 2.34. The lowest BCUT2D eigenvalue weighted by Crippen LogP contribution is -2.24. The molecule has 6 nitrogen and oxygen atoms in total. The van der Waals surface area contributed by atoms with Crippen molar-refractivity contribution in [1.82, 2.24) is 15.3 Å². The first kappa shape index (κ1) is 14.6. The molecule has 6 heteroatoms. The first-order chi connectivity index (χ1) is 9.61. The first-order valence-corrected chi connectivity index (χ1v) is 7.23. The smallest absolute Gasteiger partial charge is 0.222 e. The number of rotatable bonds is 6. The van der Waals surface area contributed by atoms with E-state index in [0.717, 1.165) is 30.2 Å². The van der Waals surface area contributed by atoms with Gasteiger partial charge in [0.2, 0.25) is 5.91 Å². The predicted octanol–water partition coefficient (Wildman–Crippen LogP) is 1.72. The molecular formula is C14H23N5O. The molecule has 1 atom stereocenters. The second-order valence-corrected chi connectivity index (χ2v) is 5.42. The molecule has 2 heterocycles. The Morgan fingerprint density at radius 3 is 2.75 bits per heavy atom. The number of nitrogens with zero attached hydrogens (tertiary/aromatic N) is 2. The van der Waals surface area contributed by atoms with E-state index in [0.29, 0.717) is 18.9 Å². The summed E-state index contributed by atoms with van der Waals surface area (Å²) in [5, 5.41) is 9.54. The van der Waals surface area contributed by atoms with Crippen LogP contribution in [-0.2, 0) is 4.79 Å². The molecule has 1 aromatic heterocycles. The van der Waals surface area contributed by atoms with Crippen LogP contribution in [0.3, 0.4) is 0 Å². The molecule has 0 radical (unpaired) electrons. The summed E-state index contributed by atoms with van der Waals surface area (Å²) in [4.78, 5) is 20.0. The molecule has 1 aliphatic heterocycles. The van der Waals surface area contributed by atoms with Gasteiger partial charge >= 0.3 is 0 Å². The highest BCUT2D eigenvalue weighted by atomic mass is 16.1. The van der Waals surface area contributed by atoms with Crippen LogP contribution in [0.15, 0.2) is 6.33 Å². The molecule has 1 fully saturated rings. The number of aromatic nitrogens is 2. The fourth-order valence-electron chi connectivity index (χ4n) is 2.34. The van der Waals surface area contributed by atoms with Crippen molar-refractivity contribution in [2.45, 2.75) is 45.6 Å². The third-order valence-corrected chi connectivity index (χ3v) is 3.32. The van der Waals surface area contributed by atoms with Gasteiger partial charge in [0.15, 0.2) is 0 Å². The Labute approximate surface area is 119 Å². The Balaban J connectivity index is 2.20. The average Bonchev–Trinajstić information content (AvgIpc) is 2.81. The molecular weight excluding hydrogens is 254 g/mol. The Morgan fingerprint density at radius 2 is 2.15 bits per heavy atom. The zero-order valence-corrected chi connectivity index (χ0v) is 12.4. The summed E-state index contributed by atoms with van der Waals surface area (Å²) in [6.45, 7) is 7.91. The Morgan fingerprint density at radius 1 is 1.40 bits per heavy atom. The molecule has 1 amide bonds. The molecule has 0 bridgehead atoms. The van der Waals surface area contributed by atoms with E-state index in [-0.39, 0.29) is 11.9 Å². The van der Waals surface area contributed by atoms with Crippen molar-refractivity contribution in [3.8, 4) is 0 Å². The van der Waals surface area contributed by atoms with E-state index < -0.39 is 0 Å².